The predicted molar refractivity (Wildman–Crippen MR) is 74.6 cm³/mol. The van der Waals surface area contributed by atoms with Crippen LogP contribution in [0.3, 0.4) is 0 Å². The predicted octanol–water partition coefficient (Wildman–Crippen LogP) is 3.54. The summed E-state index contributed by atoms with van der Waals surface area (Å²) in [6.07, 6.45) is 5.77. The summed E-state index contributed by atoms with van der Waals surface area (Å²) in [7, 11) is 0. The van der Waals surface area contributed by atoms with Gasteiger partial charge in [0.05, 0.1) is 30.8 Å². The molecule has 19 heavy (non-hydrogen) atoms. The third-order valence-corrected chi connectivity index (χ3v) is 4.70. The molecule has 0 bridgehead atoms. The molecule has 0 amide bonds. The molecule has 1 heterocycles. The zero-order valence-corrected chi connectivity index (χ0v) is 12.5. The quantitative estimate of drug-likeness (QED) is 0.784. The van der Waals surface area contributed by atoms with Crippen LogP contribution in [0.1, 0.15) is 52.9 Å². The summed E-state index contributed by atoms with van der Waals surface area (Å²) in [6, 6.07) is 2.44. The summed E-state index contributed by atoms with van der Waals surface area (Å²) in [5.74, 6) is 0.728. The van der Waals surface area contributed by atoms with Crippen LogP contribution in [0.25, 0.3) is 0 Å². The molecule has 2 aliphatic rings. The third-order valence-electron chi connectivity index (χ3n) is 4.70. The summed E-state index contributed by atoms with van der Waals surface area (Å²) in [4.78, 5) is 0. The highest BCUT2D eigenvalue weighted by Gasteiger charge is 2.37. The highest BCUT2D eigenvalue weighted by atomic mass is 16.5. The maximum atomic E-state index is 9.28. The van der Waals surface area contributed by atoms with Gasteiger partial charge in [0.2, 0.25) is 0 Å². The first kappa shape index (κ1) is 14.8. The fourth-order valence-corrected chi connectivity index (χ4v) is 3.25. The molecule has 0 aromatic carbocycles. The zero-order chi connectivity index (χ0) is 13.9. The van der Waals surface area contributed by atoms with Crippen LogP contribution in [0.15, 0.2) is 0 Å². The van der Waals surface area contributed by atoms with Crippen LogP contribution in [0.2, 0.25) is 0 Å². The van der Waals surface area contributed by atoms with Gasteiger partial charge in [-0.15, -0.1) is 0 Å². The van der Waals surface area contributed by atoms with Crippen molar-refractivity contribution in [2.24, 2.45) is 17.3 Å². The van der Waals surface area contributed by atoms with Crippen LogP contribution in [0.4, 0.5) is 0 Å². The second-order valence-electron chi connectivity index (χ2n) is 7.12. The Hall–Kier alpha value is -0.590. The van der Waals surface area contributed by atoms with Crippen molar-refractivity contribution < 1.29 is 9.47 Å². The van der Waals surface area contributed by atoms with Gasteiger partial charge in [-0.1, -0.05) is 20.8 Å². The molecule has 1 saturated carbocycles. The molecule has 4 unspecified atom stereocenters. The van der Waals surface area contributed by atoms with Crippen molar-refractivity contribution in [3.05, 3.63) is 0 Å². The molecule has 1 aliphatic carbocycles. The molecule has 0 radical (unpaired) electrons. The molecule has 1 aliphatic heterocycles. The molecule has 2 fully saturated rings. The first-order valence-electron chi connectivity index (χ1n) is 7.63. The average molecular weight is 265 g/mol. The summed E-state index contributed by atoms with van der Waals surface area (Å²) in [6.45, 7) is 8.41. The van der Waals surface area contributed by atoms with E-state index in [-0.39, 0.29) is 18.1 Å². The normalized spacial score (nSPS) is 36.1. The van der Waals surface area contributed by atoms with Gasteiger partial charge in [-0.2, -0.15) is 5.26 Å². The summed E-state index contributed by atoms with van der Waals surface area (Å²) in [5.41, 5.74) is 0.311. The topological polar surface area (TPSA) is 42.2 Å². The maximum Gasteiger partial charge on any atom is 0.0809 e. The molecular weight excluding hydrogens is 238 g/mol. The van der Waals surface area contributed by atoms with E-state index >= 15 is 0 Å². The number of nitriles is 1. The van der Waals surface area contributed by atoms with Gasteiger partial charge in [0.1, 0.15) is 0 Å². The minimum absolute atomic E-state index is 0.0694. The lowest BCUT2D eigenvalue weighted by atomic mass is 9.69. The van der Waals surface area contributed by atoms with Gasteiger partial charge >= 0.3 is 0 Å². The average Bonchev–Trinajstić information content (AvgIpc) is 2.88. The Bertz CT molecular complexity index is 323. The lowest BCUT2D eigenvalue weighted by molar-refractivity contribution is -0.0643. The Morgan fingerprint density at radius 1 is 1.26 bits per heavy atom. The van der Waals surface area contributed by atoms with Gasteiger partial charge in [0.15, 0.2) is 0 Å². The van der Waals surface area contributed by atoms with Crippen LogP contribution < -0.4 is 0 Å². The molecule has 3 heteroatoms. The Morgan fingerprint density at radius 2 is 2.05 bits per heavy atom. The summed E-state index contributed by atoms with van der Waals surface area (Å²) >= 11 is 0. The largest absolute Gasteiger partial charge is 0.376 e. The van der Waals surface area contributed by atoms with E-state index in [1.165, 1.54) is 0 Å². The molecule has 2 rings (SSSR count). The highest BCUT2D eigenvalue weighted by Crippen LogP contribution is 2.41. The second kappa shape index (κ2) is 6.24. The highest BCUT2D eigenvalue weighted by molar-refractivity contribution is 4.96. The van der Waals surface area contributed by atoms with Crippen molar-refractivity contribution in [1.82, 2.24) is 0 Å². The van der Waals surface area contributed by atoms with Crippen molar-refractivity contribution in [3.8, 4) is 6.07 Å². The first-order valence-corrected chi connectivity index (χ1v) is 7.63. The number of rotatable bonds is 3. The standard InChI is InChI=1S/C16H27NO2/c1-16(2,3)13-7-6-12(10-17)15(9-13)19-11-14-5-4-8-18-14/h12-15H,4-9,11H2,1-3H3. The molecule has 0 N–H and O–H groups in total. The van der Waals surface area contributed by atoms with Gasteiger partial charge in [-0.3, -0.25) is 0 Å². The lowest BCUT2D eigenvalue weighted by Gasteiger charge is -2.39. The molecular formula is C16H27NO2. The first-order chi connectivity index (χ1) is 9.00. The second-order valence-corrected chi connectivity index (χ2v) is 7.12. The van der Waals surface area contributed by atoms with Crippen LogP contribution >= 0.6 is 0 Å². The van der Waals surface area contributed by atoms with Gasteiger partial charge in [-0.25, -0.2) is 0 Å². The van der Waals surface area contributed by atoms with E-state index in [1.807, 2.05) is 0 Å². The number of hydrogen-bond donors (Lipinski definition) is 0. The molecule has 0 aromatic heterocycles. The van der Waals surface area contributed by atoms with Gasteiger partial charge in [-0.05, 0) is 43.4 Å². The van der Waals surface area contributed by atoms with E-state index < -0.39 is 0 Å². The van der Waals surface area contributed by atoms with Crippen LogP contribution in [0.5, 0.6) is 0 Å². The van der Waals surface area contributed by atoms with E-state index in [4.69, 9.17) is 9.47 Å². The van der Waals surface area contributed by atoms with Crippen LogP contribution in [0, 0.1) is 28.6 Å². The van der Waals surface area contributed by atoms with E-state index in [9.17, 15) is 5.26 Å². The number of nitrogens with zero attached hydrogens (tertiary/aromatic N) is 1. The van der Waals surface area contributed by atoms with Crippen molar-refractivity contribution in [1.29, 1.82) is 5.26 Å². The minimum atomic E-state index is 0.0694. The maximum absolute atomic E-state index is 9.28. The summed E-state index contributed by atoms with van der Waals surface area (Å²) < 4.78 is 11.6. The minimum Gasteiger partial charge on any atom is -0.376 e. The Balaban J connectivity index is 1.88. The van der Waals surface area contributed by atoms with Crippen LogP contribution in [-0.4, -0.2) is 25.4 Å². The third kappa shape index (κ3) is 3.94. The molecule has 3 nitrogen and oxygen atoms in total. The van der Waals surface area contributed by atoms with E-state index in [0.29, 0.717) is 17.9 Å². The fraction of sp³-hybridized carbons (Fsp3) is 0.938. The lowest BCUT2D eigenvalue weighted by Crippen LogP contribution is -2.37. The Kier molecular flexibility index (Phi) is 4.86. The van der Waals surface area contributed by atoms with Gasteiger partial charge < -0.3 is 9.47 Å². The van der Waals surface area contributed by atoms with Gasteiger partial charge in [0.25, 0.3) is 0 Å². The van der Waals surface area contributed by atoms with Crippen molar-refractivity contribution in [2.45, 2.75) is 65.1 Å². The summed E-state index contributed by atoms with van der Waals surface area (Å²) in [5, 5.41) is 9.28. The van der Waals surface area contributed by atoms with E-state index in [1.54, 1.807) is 0 Å². The number of hydrogen-bond acceptors (Lipinski definition) is 3. The molecule has 4 atom stereocenters. The molecule has 1 saturated heterocycles. The van der Waals surface area contributed by atoms with E-state index in [2.05, 4.69) is 26.8 Å². The van der Waals surface area contributed by atoms with Gasteiger partial charge in [0, 0.05) is 6.61 Å². The fourth-order valence-electron chi connectivity index (χ4n) is 3.25. The monoisotopic (exact) mass is 265 g/mol. The molecule has 0 spiro atoms. The number of ether oxygens (including phenoxy) is 2. The zero-order valence-electron chi connectivity index (χ0n) is 12.5. The van der Waals surface area contributed by atoms with Crippen molar-refractivity contribution >= 4 is 0 Å². The smallest absolute Gasteiger partial charge is 0.0809 e. The van der Waals surface area contributed by atoms with Crippen LogP contribution in [-0.2, 0) is 9.47 Å². The molecule has 108 valence electrons. The Labute approximate surface area is 117 Å². The Morgan fingerprint density at radius 3 is 2.63 bits per heavy atom. The SMILES string of the molecule is CC(C)(C)C1CCC(C#N)C(OCC2CCCO2)C1. The molecule has 0 aromatic rings. The van der Waals surface area contributed by atoms with Crippen molar-refractivity contribution in [3.63, 3.8) is 0 Å². The van der Waals surface area contributed by atoms with Crippen molar-refractivity contribution in [2.75, 3.05) is 13.2 Å². The van der Waals surface area contributed by atoms with E-state index in [0.717, 1.165) is 38.7 Å².